The number of ether oxygens (including phenoxy) is 1. The van der Waals surface area contributed by atoms with Crippen molar-refractivity contribution in [2.45, 2.75) is 38.8 Å². The van der Waals surface area contributed by atoms with Crippen molar-refractivity contribution in [2.75, 3.05) is 13.2 Å². The summed E-state index contributed by atoms with van der Waals surface area (Å²) < 4.78 is 6.69. The number of hydrogen-bond acceptors (Lipinski definition) is 3. The lowest BCUT2D eigenvalue weighted by Crippen LogP contribution is -2.39. The molecule has 1 fully saturated rings. The van der Waals surface area contributed by atoms with Crippen molar-refractivity contribution in [3.8, 4) is 0 Å². The van der Waals surface area contributed by atoms with Crippen molar-refractivity contribution < 1.29 is 4.74 Å². The van der Waals surface area contributed by atoms with Gasteiger partial charge in [0, 0.05) is 29.5 Å². The highest BCUT2D eigenvalue weighted by Gasteiger charge is 2.31. The standard InChI is InChI=1S/C13H20ClNOS/c1-13(2,3)15-8-9-6-7-16-12(9)10-4-5-11(14)17-10/h4-5,9,12,15H,6-8H2,1-3H3. The van der Waals surface area contributed by atoms with E-state index in [1.165, 1.54) is 4.88 Å². The second-order valence-corrected chi connectivity index (χ2v) is 7.36. The van der Waals surface area contributed by atoms with Gasteiger partial charge in [-0.05, 0) is 39.3 Å². The van der Waals surface area contributed by atoms with Crippen molar-refractivity contribution in [1.29, 1.82) is 0 Å². The van der Waals surface area contributed by atoms with Crippen LogP contribution in [0.5, 0.6) is 0 Å². The quantitative estimate of drug-likeness (QED) is 0.903. The Balaban J connectivity index is 1.98. The van der Waals surface area contributed by atoms with Crippen LogP contribution in [-0.2, 0) is 4.74 Å². The van der Waals surface area contributed by atoms with E-state index < -0.39 is 0 Å². The van der Waals surface area contributed by atoms with Gasteiger partial charge in [0.2, 0.25) is 0 Å². The summed E-state index contributed by atoms with van der Waals surface area (Å²) in [7, 11) is 0. The summed E-state index contributed by atoms with van der Waals surface area (Å²) in [6, 6.07) is 4.05. The molecule has 1 N–H and O–H groups in total. The lowest BCUT2D eigenvalue weighted by Gasteiger charge is -2.25. The highest BCUT2D eigenvalue weighted by molar-refractivity contribution is 7.16. The van der Waals surface area contributed by atoms with Gasteiger partial charge in [0.1, 0.15) is 0 Å². The minimum atomic E-state index is 0.167. The van der Waals surface area contributed by atoms with Gasteiger partial charge in [-0.1, -0.05) is 11.6 Å². The molecule has 1 aliphatic heterocycles. The zero-order valence-electron chi connectivity index (χ0n) is 10.6. The molecule has 17 heavy (non-hydrogen) atoms. The first-order valence-electron chi connectivity index (χ1n) is 6.07. The van der Waals surface area contributed by atoms with E-state index in [0.29, 0.717) is 5.92 Å². The Morgan fingerprint density at radius 1 is 1.47 bits per heavy atom. The van der Waals surface area contributed by atoms with Crippen molar-refractivity contribution in [3.05, 3.63) is 21.3 Å². The maximum Gasteiger partial charge on any atom is 0.0958 e. The van der Waals surface area contributed by atoms with Crippen LogP contribution >= 0.6 is 22.9 Å². The predicted molar refractivity (Wildman–Crippen MR) is 73.9 cm³/mol. The molecule has 1 aromatic heterocycles. The first-order chi connectivity index (χ1) is 7.96. The molecule has 0 radical (unpaired) electrons. The highest BCUT2D eigenvalue weighted by atomic mass is 35.5. The molecule has 2 atom stereocenters. The summed E-state index contributed by atoms with van der Waals surface area (Å²) in [6.45, 7) is 8.44. The molecule has 96 valence electrons. The summed E-state index contributed by atoms with van der Waals surface area (Å²) in [4.78, 5) is 1.26. The fourth-order valence-electron chi connectivity index (χ4n) is 2.08. The van der Waals surface area contributed by atoms with Gasteiger partial charge in [-0.25, -0.2) is 0 Å². The Bertz CT molecular complexity index is 372. The third-order valence-electron chi connectivity index (χ3n) is 2.98. The number of rotatable bonds is 3. The molecule has 0 aromatic carbocycles. The molecule has 4 heteroatoms. The Morgan fingerprint density at radius 2 is 2.24 bits per heavy atom. The van der Waals surface area contributed by atoms with Gasteiger partial charge >= 0.3 is 0 Å². The van der Waals surface area contributed by atoms with E-state index in [1.54, 1.807) is 11.3 Å². The van der Waals surface area contributed by atoms with Crippen LogP contribution in [0.1, 0.15) is 38.2 Å². The topological polar surface area (TPSA) is 21.3 Å². The third kappa shape index (κ3) is 3.68. The van der Waals surface area contributed by atoms with Crippen molar-refractivity contribution in [3.63, 3.8) is 0 Å². The van der Waals surface area contributed by atoms with Gasteiger partial charge in [-0.3, -0.25) is 0 Å². The summed E-state index contributed by atoms with van der Waals surface area (Å²) >= 11 is 7.62. The maximum absolute atomic E-state index is 5.98. The van der Waals surface area contributed by atoms with Crippen molar-refractivity contribution in [2.24, 2.45) is 5.92 Å². The molecule has 0 aliphatic carbocycles. The van der Waals surface area contributed by atoms with Crippen LogP contribution in [0.3, 0.4) is 0 Å². The van der Waals surface area contributed by atoms with Gasteiger partial charge in [0.25, 0.3) is 0 Å². The van der Waals surface area contributed by atoms with Crippen molar-refractivity contribution in [1.82, 2.24) is 5.32 Å². The van der Waals surface area contributed by atoms with E-state index in [9.17, 15) is 0 Å². The summed E-state index contributed by atoms with van der Waals surface area (Å²) in [5, 5.41) is 3.56. The van der Waals surface area contributed by atoms with Crippen LogP contribution in [0, 0.1) is 5.92 Å². The molecule has 1 aromatic rings. The Hall–Kier alpha value is -0.0900. The highest BCUT2D eigenvalue weighted by Crippen LogP contribution is 2.38. The van der Waals surface area contributed by atoms with Gasteiger partial charge in [0.05, 0.1) is 10.4 Å². The number of nitrogens with one attached hydrogen (secondary N) is 1. The first kappa shape index (κ1) is 13.3. The Kier molecular flexibility index (Phi) is 4.14. The molecule has 0 saturated carbocycles. The average molecular weight is 274 g/mol. The van der Waals surface area contributed by atoms with E-state index in [2.05, 4.69) is 32.2 Å². The lowest BCUT2D eigenvalue weighted by molar-refractivity contribution is 0.0918. The fourth-order valence-corrected chi connectivity index (χ4v) is 3.28. The number of thiophene rings is 1. The van der Waals surface area contributed by atoms with E-state index in [4.69, 9.17) is 16.3 Å². The fraction of sp³-hybridized carbons (Fsp3) is 0.692. The van der Waals surface area contributed by atoms with Gasteiger partial charge in [0.15, 0.2) is 0 Å². The monoisotopic (exact) mass is 273 g/mol. The Labute approximate surface area is 112 Å². The second kappa shape index (κ2) is 5.27. The molecular weight excluding hydrogens is 254 g/mol. The zero-order valence-corrected chi connectivity index (χ0v) is 12.2. The Morgan fingerprint density at radius 3 is 2.82 bits per heavy atom. The maximum atomic E-state index is 5.98. The molecule has 2 heterocycles. The molecule has 0 amide bonds. The van der Waals surface area contributed by atoms with Crippen LogP contribution in [0.2, 0.25) is 4.34 Å². The van der Waals surface area contributed by atoms with Gasteiger partial charge in [-0.2, -0.15) is 0 Å². The van der Waals surface area contributed by atoms with E-state index in [-0.39, 0.29) is 11.6 Å². The lowest BCUT2D eigenvalue weighted by atomic mass is 9.98. The molecule has 2 nitrogen and oxygen atoms in total. The van der Waals surface area contributed by atoms with Crippen LogP contribution in [0.15, 0.2) is 12.1 Å². The van der Waals surface area contributed by atoms with Crippen LogP contribution < -0.4 is 5.32 Å². The minimum Gasteiger partial charge on any atom is -0.372 e. The van der Waals surface area contributed by atoms with E-state index in [0.717, 1.165) is 23.9 Å². The van der Waals surface area contributed by atoms with Crippen LogP contribution in [0.25, 0.3) is 0 Å². The molecular formula is C13H20ClNOS. The molecule has 2 rings (SSSR count). The predicted octanol–water partition coefficient (Wildman–Crippen LogP) is 3.87. The number of hydrogen-bond donors (Lipinski definition) is 1. The van der Waals surface area contributed by atoms with Gasteiger partial charge < -0.3 is 10.1 Å². The molecule has 1 aliphatic rings. The largest absolute Gasteiger partial charge is 0.372 e. The van der Waals surface area contributed by atoms with Crippen LogP contribution in [0.4, 0.5) is 0 Å². The van der Waals surface area contributed by atoms with Gasteiger partial charge in [-0.15, -0.1) is 11.3 Å². The molecule has 2 unspecified atom stereocenters. The smallest absolute Gasteiger partial charge is 0.0958 e. The average Bonchev–Trinajstić information content (AvgIpc) is 2.81. The summed E-state index contributed by atoms with van der Waals surface area (Å²) in [5.74, 6) is 0.559. The van der Waals surface area contributed by atoms with Crippen molar-refractivity contribution >= 4 is 22.9 Å². The normalized spacial score (nSPS) is 25.4. The van der Waals surface area contributed by atoms with E-state index >= 15 is 0 Å². The SMILES string of the molecule is CC(C)(C)NCC1CCOC1c1ccc(Cl)s1. The molecule has 0 bridgehead atoms. The van der Waals surface area contributed by atoms with Crippen LogP contribution in [-0.4, -0.2) is 18.7 Å². The third-order valence-corrected chi connectivity index (χ3v) is 4.28. The van der Waals surface area contributed by atoms with E-state index in [1.807, 2.05) is 6.07 Å². The minimum absolute atomic E-state index is 0.167. The second-order valence-electron chi connectivity index (χ2n) is 5.61. The summed E-state index contributed by atoms with van der Waals surface area (Å²) in [6.07, 6.45) is 1.35. The molecule has 0 spiro atoms. The number of halogens is 1. The first-order valence-corrected chi connectivity index (χ1v) is 7.27. The zero-order chi connectivity index (χ0) is 12.5. The molecule has 1 saturated heterocycles. The summed E-state index contributed by atoms with van der Waals surface area (Å²) in [5.41, 5.74) is 0.167.